The summed E-state index contributed by atoms with van der Waals surface area (Å²) in [4.78, 5) is 21.8. The first-order chi connectivity index (χ1) is 7.95. The number of rotatable bonds is 3. The number of carbonyl (C=O) groups excluding carboxylic acids is 1. The van der Waals surface area contributed by atoms with Gasteiger partial charge in [-0.05, 0) is 23.8 Å². The number of anilines is 1. The van der Waals surface area contributed by atoms with Crippen molar-refractivity contribution in [3.8, 4) is 0 Å². The molecule has 0 aromatic heterocycles. The van der Waals surface area contributed by atoms with Gasteiger partial charge in [0.1, 0.15) is 0 Å². The van der Waals surface area contributed by atoms with Crippen LogP contribution in [-0.2, 0) is 9.53 Å². The number of nitrogen functional groups attached to an aromatic ring is 1. The molecule has 0 atom stereocenters. The third-order valence-corrected chi connectivity index (χ3v) is 2.23. The Labute approximate surface area is 102 Å². The van der Waals surface area contributed by atoms with Gasteiger partial charge in [-0.15, -0.1) is 0 Å². The molecule has 0 aliphatic heterocycles. The van der Waals surface area contributed by atoms with E-state index in [0.717, 1.165) is 6.08 Å². The maximum atomic E-state index is 10.9. The molecule has 0 radical (unpaired) electrons. The summed E-state index contributed by atoms with van der Waals surface area (Å²) < 4.78 is 4.40. The highest BCUT2D eigenvalue weighted by atomic mass is 35.5. The van der Waals surface area contributed by atoms with E-state index in [2.05, 4.69) is 4.74 Å². The SMILES string of the molecule is COC(=O)C=Cc1cc(Cl)cc(C(=O)O)c1N. The maximum Gasteiger partial charge on any atom is 0.337 e. The quantitative estimate of drug-likeness (QED) is 0.488. The summed E-state index contributed by atoms with van der Waals surface area (Å²) in [6, 6.07) is 2.71. The minimum Gasteiger partial charge on any atom is -0.478 e. The lowest BCUT2D eigenvalue weighted by atomic mass is 10.1. The van der Waals surface area contributed by atoms with Crippen LogP contribution in [0.3, 0.4) is 0 Å². The first kappa shape index (κ1) is 13.1. The summed E-state index contributed by atoms with van der Waals surface area (Å²) in [5.74, 6) is -1.75. The Morgan fingerprint density at radius 1 is 1.47 bits per heavy atom. The third kappa shape index (κ3) is 3.22. The Morgan fingerprint density at radius 3 is 2.65 bits per heavy atom. The molecule has 0 saturated heterocycles. The van der Waals surface area contributed by atoms with Crippen molar-refractivity contribution < 1.29 is 19.4 Å². The molecule has 0 spiro atoms. The second-order valence-corrected chi connectivity index (χ2v) is 3.55. The average molecular weight is 256 g/mol. The van der Waals surface area contributed by atoms with E-state index in [1.54, 1.807) is 0 Å². The summed E-state index contributed by atoms with van der Waals surface area (Å²) in [5.41, 5.74) is 5.92. The molecule has 0 saturated carbocycles. The Kier molecular flexibility index (Phi) is 4.12. The normalized spacial score (nSPS) is 10.5. The molecule has 0 fully saturated rings. The van der Waals surface area contributed by atoms with Gasteiger partial charge in [-0.3, -0.25) is 0 Å². The predicted octanol–water partition coefficient (Wildman–Crippen LogP) is 1.81. The number of benzene rings is 1. The summed E-state index contributed by atoms with van der Waals surface area (Å²) >= 11 is 5.75. The first-order valence-corrected chi connectivity index (χ1v) is 4.92. The molecule has 3 N–H and O–H groups in total. The molecule has 1 rings (SSSR count). The lowest BCUT2D eigenvalue weighted by Gasteiger charge is -2.05. The zero-order chi connectivity index (χ0) is 13.0. The Balaban J connectivity index is 3.21. The highest BCUT2D eigenvalue weighted by Crippen LogP contribution is 2.24. The molecule has 0 aliphatic rings. The lowest BCUT2D eigenvalue weighted by molar-refractivity contribution is -0.134. The molecule has 5 nitrogen and oxygen atoms in total. The number of nitrogens with two attached hydrogens (primary N) is 1. The molecular weight excluding hydrogens is 246 g/mol. The third-order valence-electron chi connectivity index (χ3n) is 2.01. The molecule has 90 valence electrons. The van der Waals surface area contributed by atoms with Crippen molar-refractivity contribution >= 4 is 35.3 Å². The van der Waals surface area contributed by atoms with Gasteiger partial charge in [0.05, 0.1) is 18.4 Å². The van der Waals surface area contributed by atoms with Gasteiger partial charge in [0, 0.05) is 11.1 Å². The van der Waals surface area contributed by atoms with Crippen molar-refractivity contribution in [3.05, 3.63) is 34.4 Å². The smallest absolute Gasteiger partial charge is 0.337 e. The minimum absolute atomic E-state index is 0.0436. The van der Waals surface area contributed by atoms with Crippen LogP contribution >= 0.6 is 11.6 Å². The van der Waals surface area contributed by atoms with Crippen LogP contribution in [0, 0.1) is 0 Å². The molecule has 0 unspecified atom stereocenters. The van der Waals surface area contributed by atoms with Gasteiger partial charge in [-0.2, -0.15) is 0 Å². The van der Waals surface area contributed by atoms with Crippen molar-refractivity contribution in [1.82, 2.24) is 0 Å². The second kappa shape index (κ2) is 5.36. The number of aromatic carboxylic acids is 1. The van der Waals surface area contributed by atoms with Crippen molar-refractivity contribution in [2.24, 2.45) is 0 Å². The van der Waals surface area contributed by atoms with E-state index in [9.17, 15) is 9.59 Å². The largest absolute Gasteiger partial charge is 0.478 e. The van der Waals surface area contributed by atoms with Crippen molar-refractivity contribution in [2.75, 3.05) is 12.8 Å². The fourth-order valence-electron chi connectivity index (χ4n) is 1.18. The Bertz CT molecular complexity index is 496. The van der Waals surface area contributed by atoms with Crippen LogP contribution in [0.4, 0.5) is 5.69 Å². The molecule has 0 heterocycles. The van der Waals surface area contributed by atoms with Crippen LogP contribution in [0.25, 0.3) is 6.08 Å². The van der Waals surface area contributed by atoms with E-state index in [1.807, 2.05) is 0 Å². The van der Waals surface area contributed by atoms with Crippen LogP contribution in [0.5, 0.6) is 0 Å². The topological polar surface area (TPSA) is 89.6 Å². The lowest BCUT2D eigenvalue weighted by Crippen LogP contribution is -2.04. The number of carboxylic acid groups (broad SMARTS) is 1. The molecule has 0 amide bonds. The molecule has 0 aliphatic carbocycles. The average Bonchev–Trinajstić information content (AvgIpc) is 2.28. The van der Waals surface area contributed by atoms with Crippen LogP contribution in [-0.4, -0.2) is 24.2 Å². The number of esters is 1. The highest BCUT2D eigenvalue weighted by molar-refractivity contribution is 6.31. The van der Waals surface area contributed by atoms with Gasteiger partial charge in [-0.1, -0.05) is 11.6 Å². The monoisotopic (exact) mass is 255 g/mol. The zero-order valence-electron chi connectivity index (χ0n) is 8.94. The fraction of sp³-hybridized carbons (Fsp3) is 0.0909. The van der Waals surface area contributed by atoms with E-state index in [1.165, 1.54) is 25.3 Å². The summed E-state index contributed by atoms with van der Waals surface area (Å²) in [6.45, 7) is 0. The van der Waals surface area contributed by atoms with E-state index in [4.69, 9.17) is 22.4 Å². The van der Waals surface area contributed by atoms with Crippen LogP contribution in [0.1, 0.15) is 15.9 Å². The molecule has 17 heavy (non-hydrogen) atoms. The Hall–Kier alpha value is -2.01. The van der Waals surface area contributed by atoms with Gasteiger partial charge in [0.25, 0.3) is 0 Å². The number of carboxylic acids is 1. The van der Waals surface area contributed by atoms with Crippen LogP contribution in [0.15, 0.2) is 18.2 Å². The summed E-state index contributed by atoms with van der Waals surface area (Å²) in [7, 11) is 1.23. The van der Waals surface area contributed by atoms with Gasteiger partial charge in [-0.25, -0.2) is 9.59 Å². The van der Waals surface area contributed by atoms with Crippen molar-refractivity contribution in [1.29, 1.82) is 0 Å². The predicted molar refractivity (Wildman–Crippen MR) is 63.9 cm³/mol. The molecule has 6 heteroatoms. The highest BCUT2D eigenvalue weighted by Gasteiger charge is 2.12. The van der Waals surface area contributed by atoms with Crippen molar-refractivity contribution in [3.63, 3.8) is 0 Å². The number of hydrogen-bond acceptors (Lipinski definition) is 4. The number of halogens is 1. The minimum atomic E-state index is -1.18. The van der Waals surface area contributed by atoms with Crippen LogP contribution in [0.2, 0.25) is 5.02 Å². The maximum absolute atomic E-state index is 10.9. The van der Waals surface area contributed by atoms with Gasteiger partial charge in [0.2, 0.25) is 0 Å². The van der Waals surface area contributed by atoms with Gasteiger partial charge < -0.3 is 15.6 Å². The summed E-state index contributed by atoms with van der Waals surface area (Å²) in [6.07, 6.45) is 2.48. The van der Waals surface area contributed by atoms with Crippen molar-refractivity contribution in [2.45, 2.75) is 0 Å². The standard InChI is InChI=1S/C11H10ClNO4/c1-17-9(14)3-2-6-4-7(12)5-8(10(6)13)11(15)16/h2-5H,13H2,1H3,(H,15,16). The molecule has 0 bridgehead atoms. The van der Waals surface area contributed by atoms with Crippen LogP contribution < -0.4 is 5.73 Å². The van der Waals surface area contributed by atoms with Gasteiger partial charge in [0.15, 0.2) is 0 Å². The molecule has 1 aromatic carbocycles. The number of hydrogen-bond donors (Lipinski definition) is 2. The first-order valence-electron chi connectivity index (χ1n) is 4.54. The fourth-order valence-corrected chi connectivity index (χ4v) is 1.41. The summed E-state index contributed by atoms with van der Waals surface area (Å²) in [5, 5.41) is 9.11. The van der Waals surface area contributed by atoms with E-state index >= 15 is 0 Å². The Morgan fingerprint density at radius 2 is 2.12 bits per heavy atom. The number of ether oxygens (including phenoxy) is 1. The second-order valence-electron chi connectivity index (χ2n) is 3.12. The molecule has 1 aromatic rings. The van der Waals surface area contributed by atoms with E-state index < -0.39 is 11.9 Å². The zero-order valence-corrected chi connectivity index (χ0v) is 9.69. The van der Waals surface area contributed by atoms with Gasteiger partial charge >= 0.3 is 11.9 Å². The van der Waals surface area contributed by atoms with E-state index in [0.29, 0.717) is 5.56 Å². The number of carbonyl (C=O) groups is 2. The number of methoxy groups -OCH3 is 1. The molecular formula is C11H10ClNO4. The van der Waals surface area contributed by atoms with E-state index in [-0.39, 0.29) is 16.3 Å².